The minimum atomic E-state index is -0.0396. The van der Waals surface area contributed by atoms with Crippen LogP contribution >= 0.6 is 0 Å². The summed E-state index contributed by atoms with van der Waals surface area (Å²) in [6.07, 6.45) is 3.46. The van der Waals surface area contributed by atoms with E-state index in [9.17, 15) is 4.79 Å². The van der Waals surface area contributed by atoms with Crippen molar-refractivity contribution in [3.63, 3.8) is 0 Å². The Morgan fingerprint density at radius 2 is 2.05 bits per heavy atom. The van der Waals surface area contributed by atoms with Crippen LogP contribution in [0.4, 0.5) is 5.82 Å². The molecular weight excluding hydrogens is 280 g/mol. The van der Waals surface area contributed by atoms with Crippen LogP contribution in [0.15, 0.2) is 53.4 Å². The molecule has 0 atom stereocenters. The van der Waals surface area contributed by atoms with Crippen LogP contribution < -0.4 is 10.6 Å². The van der Waals surface area contributed by atoms with Gasteiger partial charge in [0.1, 0.15) is 17.9 Å². The van der Waals surface area contributed by atoms with Crippen LogP contribution in [0.3, 0.4) is 0 Å². The molecule has 0 bridgehead atoms. The number of carbonyl (C=O) groups is 1. The predicted octanol–water partition coefficient (Wildman–Crippen LogP) is 2.34. The van der Waals surface area contributed by atoms with Crippen molar-refractivity contribution in [3.05, 3.63) is 54.7 Å². The van der Waals surface area contributed by atoms with Crippen LogP contribution in [-0.2, 0) is 11.3 Å². The van der Waals surface area contributed by atoms with E-state index in [1.54, 1.807) is 12.3 Å². The van der Waals surface area contributed by atoms with Gasteiger partial charge >= 0.3 is 0 Å². The number of anilines is 1. The molecule has 1 amide bonds. The van der Waals surface area contributed by atoms with E-state index in [1.807, 2.05) is 30.3 Å². The zero-order valence-electron chi connectivity index (χ0n) is 12.0. The molecule has 0 aliphatic carbocycles. The molecule has 0 saturated carbocycles. The molecule has 1 aromatic carbocycles. The van der Waals surface area contributed by atoms with Crippen molar-refractivity contribution in [1.82, 2.24) is 15.3 Å². The van der Waals surface area contributed by atoms with Gasteiger partial charge in [0.05, 0.1) is 18.3 Å². The first-order chi connectivity index (χ1) is 10.8. The summed E-state index contributed by atoms with van der Waals surface area (Å²) < 4.78 is 5.16. The maximum absolute atomic E-state index is 11.8. The highest BCUT2D eigenvalue weighted by Crippen LogP contribution is 2.17. The smallest absolute Gasteiger partial charge is 0.222 e. The monoisotopic (exact) mass is 296 g/mol. The van der Waals surface area contributed by atoms with Crippen LogP contribution in [-0.4, -0.2) is 22.4 Å². The lowest BCUT2D eigenvalue weighted by atomic mass is 10.2. The van der Waals surface area contributed by atoms with Crippen molar-refractivity contribution in [1.29, 1.82) is 0 Å². The fourth-order valence-electron chi connectivity index (χ4n) is 2.13. The molecule has 3 rings (SSSR count). The summed E-state index contributed by atoms with van der Waals surface area (Å²) in [6, 6.07) is 11.4. The number of fused-ring (bicyclic) bond motifs is 1. The van der Waals surface area contributed by atoms with E-state index in [4.69, 9.17) is 4.42 Å². The highest BCUT2D eigenvalue weighted by molar-refractivity contribution is 5.88. The Morgan fingerprint density at radius 3 is 2.91 bits per heavy atom. The molecular formula is C16H16N4O2. The lowest BCUT2D eigenvalue weighted by Crippen LogP contribution is -2.24. The Kier molecular flexibility index (Phi) is 4.29. The van der Waals surface area contributed by atoms with Gasteiger partial charge in [-0.15, -0.1) is 0 Å². The summed E-state index contributed by atoms with van der Waals surface area (Å²) in [7, 11) is 0. The number of amides is 1. The number of para-hydroxylation sites is 1. The van der Waals surface area contributed by atoms with Crippen LogP contribution in [0, 0.1) is 0 Å². The summed E-state index contributed by atoms with van der Waals surface area (Å²) in [6.45, 7) is 0.910. The lowest BCUT2D eigenvalue weighted by Gasteiger charge is -2.08. The van der Waals surface area contributed by atoms with Crippen molar-refractivity contribution < 1.29 is 9.21 Å². The molecule has 3 aromatic rings. The van der Waals surface area contributed by atoms with Crippen LogP contribution in [0.2, 0.25) is 0 Å². The minimum Gasteiger partial charge on any atom is -0.467 e. The minimum absolute atomic E-state index is 0.0396. The first-order valence-corrected chi connectivity index (χ1v) is 7.05. The SMILES string of the molecule is O=C(CCNc1ncnc2ccccc12)NCc1ccco1. The third kappa shape index (κ3) is 3.41. The number of carbonyl (C=O) groups excluding carboxylic acids is 1. The van der Waals surface area contributed by atoms with E-state index in [-0.39, 0.29) is 5.91 Å². The average molecular weight is 296 g/mol. The number of hydrogen-bond acceptors (Lipinski definition) is 5. The molecule has 6 heteroatoms. The van der Waals surface area contributed by atoms with Gasteiger partial charge in [0, 0.05) is 18.4 Å². The third-order valence-corrected chi connectivity index (χ3v) is 3.23. The van der Waals surface area contributed by atoms with Gasteiger partial charge in [-0.25, -0.2) is 9.97 Å². The van der Waals surface area contributed by atoms with E-state index < -0.39 is 0 Å². The van der Waals surface area contributed by atoms with E-state index in [0.29, 0.717) is 19.5 Å². The van der Waals surface area contributed by atoms with Gasteiger partial charge in [-0.1, -0.05) is 12.1 Å². The molecule has 2 heterocycles. The van der Waals surface area contributed by atoms with Crippen molar-refractivity contribution in [2.75, 3.05) is 11.9 Å². The van der Waals surface area contributed by atoms with Gasteiger partial charge in [-0.3, -0.25) is 4.79 Å². The molecule has 0 aliphatic heterocycles. The van der Waals surface area contributed by atoms with Gasteiger partial charge in [-0.05, 0) is 24.3 Å². The highest BCUT2D eigenvalue weighted by atomic mass is 16.3. The summed E-state index contributed by atoms with van der Waals surface area (Å²) in [5, 5.41) is 6.92. The molecule has 0 unspecified atom stereocenters. The molecule has 6 nitrogen and oxygen atoms in total. The van der Waals surface area contributed by atoms with E-state index in [1.165, 1.54) is 6.33 Å². The molecule has 0 fully saturated rings. The standard InChI is InChI=1S/C16H16N4O2/c21-15(18-10-12-4-3-9-22-12)7-8-17-16-13-5-1-2-6-14(13)19-11-20-16/h1-6,9,11H,7-8,10H2,(H,18,21)(H,17,19,20). The number of nitrogens with one attached hydrogen (secondary N) is 2. The topological polar surface area (TPSA) is 80.0 Å². The number of aromatic nitrogens is 2. The fraction of sp³-hybridized carbons (Fsp3) is 0.188. The van der Waals surface area contributed by atoms with Gasteiger partial charge in [-0.2, -0.15) is 0 Å². The lowest BCUT2D eigenvalue weighted by molar-refractivity contribution is -0.121. The number of rotatable bonds is 6. The maximum atomic E-state index is 11.8. The Bertz CT molecular complexity index is 750. The fourth-order valence-corrected chi connectivity index (χ4v) is 2.13. The summed E-state index contributed by atoms with van der Waals surface area (Å²) >= 11 is 0. The highest BCUT2D eigenvalue weighted by Gasteiger charge is 2.05. The molecule has 0 radical (unpaired) electrons. The predicted molar refractivity (Wildman–Crippen MR) is 83.2 cm³/mol. The van der Waals surface area contributed by atoms with Crippen LogP contribution in [0.25, 0.3) is 10.9 Å². The second-order valence-corrected chi connectivity index (χ2v) is 4.77. The quantitative estimate of drug-likeness (QED) is 0.730. The zero-order valence-corrected chi connectivity index (χ0v) is 12.0. The van der Waals surface area contributed by atoms with Gasteiger partial charge in [0.15, 0.2) is 0 Å². The van der Waals surface area contributed by atoms with Crippen molar-refractivity contribution in [2.24, 2.45) is 0 Å². The molecule has 112 valence electrons. The summed E-state index contributed by atoms with van der Waals surface area (Å²) in [4.78, 5) is 20.2. The van der Waals surface area contributed by atoms with Crippen molar-refractivity contribution in [2.45, 2.75) is 13.0 Å². The van der Waals surface area contributed by atoms with Crippen molar-refractivity contribution >= 4 is 22.6 Å². The van der Waals surface area contributed by atoms with Gasteiger partial charge in [0.25, 0.3) is 0 Å². The number of furan rings is 1. The second kappa shape index (κ2) is 6.71. The number of benzene rings is 1. The number of hydrogen-bond donors (Lipinski definition) is 2. The van der Waals surface area contributed by atoms with Gasteiger partial charge < -0.3 is 15.1 Å². The first kappa shape index (κ1) is 14.1. The first-order valence-electron chi connectivity index (χ1n) is 7.05. The molecule has 0 spiro atoms. The second-order valence-electron chi connectivity index (χ2n) is 4.77. The average Bonchev–Trinajstić information content (AvgIpc) is 3.07. The van der Waals surface area contributed by atoms with Crippen LogP contribution in [0.1, 0.15) is 12.2 Å². The third-order valence-electron chi connectivity index (χ3n) is 3.23. The van der Waals surface area contributed by atoms with E-state index in [0.717, 1.165) is 22.5 Å². The summed E-state index contributed by atoms with van der Waals surface area (Å²) in [5.41, 5.74) is 0.877. The van der Waals surface area contributed by atoms with E-state index >= 15 is 0 Å². The normalized spacial score (nSPS) is 10.5. The van der Waals surface area contributed by atoms with Gasteiger partial charge in [0.2, 0.25) is 5.91 Å². The molecule has 0 aliphatic rings. The maximum Gasteiger partial charge on any atom is 0.222 e. The molecule has 0 saturated heterocycles. The Balaban J connectivity index is 1.50. The number of nitrogens with zero attached hydrogens (tertiary/aromatic N) is 2. The summed E-state index contributed by atoms with van der Waals surface area (Å²) in [5.74, 6) is 1.44. The molecule has 22 heavy (non-hydrogen) atoms. The van der Waals surface area contributed by atoms with E-state index in [2.05, 4.69) is 20.6 Å². The van der Waals surface area contributed by atoms with Crippen LogP contribution in [0.5, 0.6) is 0 Å². The molecule has 2 N–H and O–H groups in total. The zero-order chi connectivity index (χ0) is 15.2. The Hall–Kier alpha value is -2.89. The van der Waals surface area contributed by atoms with Crippen molar-refractivity contribution in [3.8, 4) is 0 Å². The Labute approximate surface area is 127 Å². The largest absolute Gasteiger partial charge is 0.467 e. The molecule has 2 aromatic heterocycles. The Morgan fingerprint density at radius 1 is 1.14 bits per heavy atom.